The van der Waals surface area contributed by atoms with Crippen LogP contribution in [-0.4, -0.2) is 53.3 Å². The van der Waals surface area contributed by atoms with Crippen LogP contribution in [0, 0.1) is 0 Å². The van der Waals surface area contributed by atoms with Gasteiger partial charge in [0.25, 0.3) is 0 Å². The molecule has 5 nitrogen and oxygen atoms in total. The molecule has 152 valence electrons. The van der Waals surface area contributed by atoms with Crippen molar-refractivity contribution in [2.24, 2.45) is 0 Å². The van der Waals surface area contributed by atoms with Gasteiger partial charge in [0.1, 0.15) is 5.65 Å². The van der Waals surface area contributed by atoms with E-state index in [2.05, 4.69) is 32.4 Å². The molecule has 5 heteroatoms. The molecule has 3 aliphatic rings. The summed E-state index contributed by atoms with van der Waals surface area (Å²) in [6, 6.07) is 3.58. The Labute approximate surface area is 168 Å². The molecule has 0 spiro atoms. The number of ether oxygens (including phenoxy) is 1. The molecule has 0 unspecified atom stereocenters. The van der Waals surface area contributed by atoms with E-state index in [0.29, 0.717) is 12.0 Å². The maximum Gasteiger partial charge on any atom is 0.139 e. The van der Waals surface area contributed by atoms with Crippen molar-refractivity contribution in [2.45, 2.75) is 75.8 Å². The standard InChI is InChI=1S/C23H34N4O/c1-2-12-27(13-3-1)19-6-4-18(5-7-19)26-21-8-11-24-23-22(21)20(16-25-23)17-9-14-28-15-10-17/h8,11,16-19H,1-7,9-10,12-15H2,(H2,24,25,26)/t18-,19-. The summed E-state index contributed by atoms with van der Waals surface area (Å²) in [6.45, 7) is 4.40. The first-order chi connectivity index (χ1) is 13.9. The Morgan fingerprint density at radius 3 is 2.57 bits per heavy atom. The van der Waals surface area contributed by atoms with E-state index in [-0.39, 0.29) is 0 Å². The zero-order valence-electron chi connectivity index (χ0n) is 17.0. The predicted molar refractivity (Wildman–Crippen MR) is 114 cm³/mol. The molecule has 0 atom stereocenters. The smallest absolute Gasteiger partial charge is 0.139 e. The highest BCUT2D eigenvalue weighted by atomic mass is 16.5. The minimum absolute atomic E-state index is 0.585. The Bertz CT molecular complexity index is 768. The van der Waals surface area contributed by atoms with Gasteiger partial charge < -0.3 is 19.9 Å². The van der Waals surface area contributed by atoms with E-state index < -0.39 is 0 Å². The van der Waals surface area contributed by atoms with Gasteiger partial charge in [0.15, 0.2) is 0 Å². The van der Waals surface area contributed by atoms with Gasteiger partial charge >= 0.3 is 0 Å². The number of hydrogen-bond acceptors (Lipinski definition) is 4. The van der Waals surface area contributed by atoms with Gasteiger partial charge in [0.2, 0.25) is 0 Å². The van der Waals surface area contributed by atoms with Crippen molar-refractivity contribution >= 4 is 16.7 Å². The van der Waals surface area contributed by atoms with E-state index in [1.54, 1.807) is 0 Å². The zero-order valence-corrected chi connectivity index (χ0v) is 17.0. The molecule has 0 aromatic carbocycles. The van der Waals surface area contributed by atoms with Gasteiger partial charge in [-0.1, -0.05) is 6.42 Å². The van der Waals surface area contributed by atoms with E-state index in [1.165, 1.54) is 74.7 Å². The lowest BCUT2D eigenvalue weighted by Gasteiger charge is -2.39. The fourth-order valence-corrected chi connectivity index (χ4v) is 5.62. The highest BCUT2D eigenvalue weighted by Gasteiger charge is 2.27. The second-order valence-corrected chi connectivity index (χ2v) is 8.96. The van der Waals surface area contributed by atoms with Crippen LogP contribution in [0.15, 0.2) is 18.5 Å². The van der Waals surface area contributed by atoms with Crippen molar-refractivity contribution < 1.29 is 4.74 Å². The number of hydrogen-bond donors (Lipinski definition) is 2. The summed E-state index contributed by atoms with van der Waals surface area (Å²) in [7, 11) is 0. The summed E-state index contributed by atoms with van der Waals surface area (Å²) in [6.07, 6.45) is 15.8. The fraction of sp³-hybridized carbons (Fsp3) is 0.696. The highest BCUT2D eigenvalue weighted by molar-refractivity contribution is 5.93. The first kappa shape index (κ1) is 18.4. The molecule has 2 aliphatic heterocycles. The number of piperidine rings is 1. The minimum atomic E-state index is 0.585. The molecule has 3 fully saturated rings. The molecule has 2 saturated heterocycles. The third kappa shape index (κ3) is 3.79. The Kier molecular flexibility index (Phi) is 5.54. The van der Waals surface area contributed by atoms with Crippen molar-refractivity contribution in [1.82, 2.24) is 14.9 Å². The summed E-state index contributed by atoms with van der Waals surface area (Å²) >= 11 is 0. The van der Waals surface area contributed by atoms with Gasteiger partial charge in [0, 0.05) is 48.8 Å². The van der Waals surface area contributed by atoms with Crippen LogP contribution in [0.4, 0.5) is 5.69 Å². The van der Waals surface area contributed by atoms with Crippen molar-refractivity contribution in [3.63, 3.8) is 0 Å². The highest BCUT2D eigenvalue weighted by Crippen LogP contribution is 2.36. The summed E-state index contributed by atoms with van der Waals surface area (Å²) in [5, 5.41) is 5.22. The van der Waals surface area contributed by atoms with Crippen molar-refractivity contribution in [1.29, 1.82) is 0 Å². The van der Waals surface area contributed by atoms with Crippen molar-refractivity contribution in [3.8, 4) is 0 Å². The number of pyridine rings is 1. The number of fused-ring (bicyclic) bond motifs is 1. The summed E-state index contributed by atoms with van der Waals surface area (Å²) in [5.74, 6) is 0.585. The molecule has 5 rings (SSSR count). The molecule has 2 N–H and O–H groups in total. The van der Waals surface area contributed by atoms with Crippen LogP contribution in [0.25, 0.3) is 11.0 Å². The Balaban J connectivity index is 1.28. The van der Waals surface area contributed by atoms with E-state index in [0.717, 1.165) is 37.7 Å². The van der Waals surface area contributed by atoms with Crippen LogP contribution in [0.2, 0.25) is 0 Å². The van der Waals surface area contributed by atoms with Crippen LogP contribution in [0.1, 0.15) is 69.3 Å². The molecule has 0 radical (unpaired) electrons. The molecule has 1 saturated carbocycles. The molecule has 2 aromatic rings. The maximum absolute atomic E-state index is 5.58. The van der Waals surface area contributed by atoms with Gasteiger partial charge in [-0.05, 0) is 82.0 Å². The maximum atomic E-state index is 5.58. The second kappa shape index (κ2) is 8.42. The van der Waals surface area contributed by atoms with Crippen LogP contribution < -0.4 is 5.32 Å². The van der Waals surface area contributed by atoms with Crippen LogP contribution in [0.5, 0.6) is 0 Å². The van der Waals surface area contributed by atoms with Gasteiger partial charge in [-0.15, -0.1) is 0 Å². The van der Waals surface area contributed by atoms with Crippen molar-refractivity contribution in [3.05, 3.63) is 24.0 Å². The van der Waals surface area contributed by atoms with Gasteiger partial charge in [0.05, 0.1) is 0 Å². The SMILES string of the molecule is c1cc(N[C@H]2CC[C@H](N3CCCCC3)CC2)c2c(C3CCOCC3)c[nH]c2n1. The monoisotopic (exact) mass is 382 g/mol. The lowest BCUT2D eigenvalue weighted by molar-refractivity contribution is 0.0856. The molecular weight excluding hydrogens is 348 g/mol. The quantitative estimate of drug-likeness (QED) is 0.807. The van der Waals surface area contributed by atoms with E-state index >= 15 is 0 Å². The number of nitrogens with one attached hydrogen (secondary N) is 2. The third-order valence-corrected chi connectivity index (χ3v) is 7.23. The Hall–Kier alpha value is -1.59. The fourth-order valence-electron chi connectivity index (χ4n) is 5.62. The third-order valence-electron chi connectivity index (χ3n) is 7.23. The number of nitrogens with zero attached hydrogens (tertiary/aromatic N) is 2. The number of H-pyrrole nitrogens is 1. The molecule has 0 bridgehead atoms. The summed E-state index contributed by atoms with van der Waals surface area (Å²) in [4.78, 5) is 10.8. The first-order valence-electron chi connectivity index (χ1n) is 11.4. The van der Waals surface area contributed by atoms with Crippen LogP contribution >= 0.6 is 0 Å². The largest absolute Gasteiger partial charge is 0.382 e. The Morgan fingerprint density at radius 2 is 1.79 bits per heavy atom. The second-order valence-electron chi connectivity index (χ2n) is 8.96. The minimum Gasteiger partial charge on any atom is -0.382 e. The molecule has 2 aromatic heterocycles. The summed E-state index contributed by atoms with van der Waals surface area (Å²) < 4.78 is 5.58. The number of likely N-dealkylation sites (tertiary alicyclic amines) is 1. The number of aromatic nitrogens is 2. The van der Waals surface area contributed by atoms with Crippen LogP contribution in [-0.2, 0) is 4.74 Å². The molecule has 4 heterocycles. The number of aromatic amines is 1. The van der Waals surface area contributed by atoms with Gasteiger partial charge in [-0.2, -0.15) is 0 Å². The average Bonchev–Trinajstić information content (AvgIpc) is 3.21. The Morgan fingerprint density at radius 1 is 1.00 bits per heavy atom. The summed E-state index contributed by atoms with van der Waals surface area (Å²) in [5.41, 5.74) is 3.72. The van der Waals surface area contributed by atoms with E-state index in [9.17, 15) is 0 Å². The first-order valence-corrected chi connectivity index (χ1v) is 11.4. The lowest BCUT2D eigenvalue weighted by atomic mass is 9.88. The predicted octanol–water partition coefficient (Wildman–Crippen LogP) is 4.67. The topological polar surface area (TPSA) is 53.2 Å². The molecule has 28 heavy (non-hydrogen) atoms. The van der Waals surface area contributed by atoms with Gasteiger partial charge in [-0.3, -0.25) is 0 Å². The number of rotatable bonds is 4. The van der Waals surface area contributed by atoms with Gasteiger partial charge in [-0.25, -0.2) is 4.98 Å². The molecule has 1 aliphatic carbocycles. The molecular formula is C23H34N4O. The van der Waals surface area contributed by atoms with Crippen molar-refractivity contribution in [2.75, 3.05) is 31.6 Å². The average molecular weight is 383 g/mol. The molecule has 0 amide bonds. The van der Waals surface area contributed by atoms with E-state index in [1.807, 2.05) is 6.20 Å². The zero-order chi connectivity index (χ0) is 18.8. The van der Waals surface area contributed by atoms with Crippen LogP contribution in [0.3, 0.4) is 0 Å². The normalized spacial score (nSPS) is 27.9. The number of anilines is 1. The van der Waals surface area contributed by atoms with E-state index in [4.69, 9.17) is 4.74 Å². The lowest BCUT2D eigenvalue weighted by Crippen LogP contribution is -2.43.